The van der Waals surface area contributed by atoms with Gasteiger partial charge in [0.15, 0.2) is 0 Å². The molecule has 1 atom stereocenters. The third kappa shape index (κ3) is 3.28. The van der Waals surface area contributed by atoms with E-state index in [2.05, 4.69) is 0 Å². The Morgan fingerprint density at radius 2 is 2.30 bits per heavy atom. The molecule has 0 spiro atoms. The molecule has 1 fully saturated rings. The van der Waals surface area contributed by atoms with Crippen molar-refractivity contribution in [3.05, 3.63) is 29.7 Å². The van der Waals surface area contributed by atoms with Crippen LogP contribution < -0.4 is 0 Å². The number of rotatable bonds is 3. The van der Waals surface area contributed by atoms with Gasteiger partial charge in [-0.15, -0.1) is 0 Å². The van der Waals surface area contributed by atoms with Crippen molar-refractivity contribution in [1.82, 2.24) is 4.90 Å². The first-order valence-electron chi connectivity index (χ1n) is 6.74. The number of carbonyl (C=O) groups excluding carboxylic acids is 1. The molecule has 2 rings (SSSR count). The molecule has 1 aliphatic rings. The van der Waals surface area contributed by atoms with Crippen LogP contribution in [0.5, 0.6) is 0 Å². The summed E-state index contributed by atoms with van der Waals surface area (Å²) in [6.45, 7) is 2.93. The van der Waals surface area contributed by atoms with Gasteiger partial charge in [0.1, 0.15) is 17.4 Å². The average molecular weight is 274 g/mol. The van der Waals surface area contributed by atoms with Crippen LogP contribution in [0, 0.1) is 17.2 Å². The molecule has 1 saturated heterocycles. The molecule has 20 heavy (non-hydrogen) atoms. The summed E-state index contributed by atoms with van der Waals surface area (Å²) >= 11 is 0. The normalized spacial score (nSPS) is 18.6. The van der Waals surface area contributed by atoms with Gasteiger partial charge in [0, 0.05) is 19.2 Å². The van der Waals surface area contributed by atoms with E-state index in [4.69, 9.17) is 9.68 Å². The average Bonchev–Trinajstić information content (AvgIpc) is 2.97. The zero-order chi connectivity index (χ0) is 14.5. The zero-order valence-corrected chi connectivity index (χ0v) is 11.5. The van der Waals surface area contributed by atoms with Gasteiger partial charge in [-0.1, -0.05) is 0 Å². The van der Waals surface area contributed by atoms with Crippen LogP contribution in [0.25, 0.3) is 6.08 Å². The van der Waals surface area contributed by atoms with E-state index < -0.39 is 0 Å². The summed E-state index contributed by atoms with van der Waals surface area (Å²) in [6.07, 6.45) is 4.15. The van der Waals surface area contributed by atoms with Crippen molar-refractivity contribution in [2.24, 2.45) is 5.92 Å². The van der Waals surface area contributed by atoms with Crippen molar-refractivity contribution in [2.75, 3.05) is 13.1 Å². The smallest absolute Gasteiger partial charge is 0.264 e. The molecular weight excluding hydrogens is 256 g/mol. The van der Waals surface area contributed by atoms with E-state index in [1.54, 1.807) is 24.0 Å². The molecule has 1 amide bonds. The van der Waals surface area contributed by atoms with Crippen LogP contribution in [-0.4, -0.2) is 35.1 Å². The molecule has 0 saturated carbocycles. The Bertz CT molecular complexity index is 518. The minimum atomic E-state index is -0.346. The summed E-state index contributed by atoms with van der Waals surface area (Å²) in [5.41, 5.74) is 0.0791. The lowest BCUT2D eigenvalue weighted by molar-refractivity contribution is -0.128. The summed E-state index contributed by atoms with van der Waals surface area (Å²) in [5.74, 6) is 0.459. The molecule has 1 unspecified atom stereocenters. The van der Waals surface area contributed by atoms with Crippen LogP contribution in [0.4, 0.5) is 0 Å². The van der Waals surface area contributed by atoms with Crippen LogP contribution in [0.1, 0.15) is 25.5 Å². The van der Waals surface area contributed by atoms with E-state index in [1.807, 2.05) is 6.07 Å². The number of aliphatic hydroxyl groups excluding tert-OH is 1. The molecule has 1 aromatic heterocycles. The van der Waals surface area contributed by atoms with Gasteiger partial charge in [0.2, 0.25) is 0 Å². The van der Waals surface area contributed by atoms with Gasteiger partial charge in [-0.3, -0.25) is 4.79 Å². The predicted octanol–water partition coefficient (Wildman–Crippen LogP) is 1.81. The monoisotopic (exact) mass is 274 g/mol. The Kier molecular flexibility index (Phi) is 4.59. The molecule has 2 heterocycles. The minimum Gasteiger partial charge on any atom is -0.465 e. The molecule has 0 aliphatic carbocycles. The van der Waals surface area contributed by atoms with Crippen LogP contribution in [0.15, 0.2) is 28.4 Å². The van der Waals surface area contributed by atoms with E-state index in [0.29, 0.717) is 18.8 Å². The highest BCUT2D eigenvalue weighted by Gasteiger charge is 2.27. The minimum absolute atomic E-state index is 0.0791. The molecule has 1 aliphatic heterocycles. The van der Waals surface area contributed by atoms with E-state index in [9.17, 15) is 9.90 Å². The molecule has 1 N–H and O–H groups in total. The third-order valence-electron chi connectivity index (χ3n) is 3.69. The van der Waals surface area contributed by atoms with Gasteiger partial charge < -0.3 is 14.4 Å². The maximum absolute atomic E-state index is 12.3. The summed E-state index contributed by atoms with van der Waals surface area (Å²) in [6, 6.07) is 5.34. The van der Waals surface area contributed by atoms with E-state index in [0.717, 1.165) is 12.8 Å². The second kappa shape index (κ2) is 6.40. The quantitative estimate of drug-likeness (QED) is 0.673. The molecular formula is C15H18N2O3. The first-order valence-corrected chi connectivity index (χ1v) is 6.74. The fraction of sp³-hybridized carbons (Fsp3) is 0.467. The molecule has 5 heteroatoms. The van der Waals surface area contributed by atoms with Crippen molar-refractivity contribution < 1.29 is 14.3 Å². The van der Waals surface area contributed by atoms with Gasteiger partial charge in [0.25, 0.3) is 5.91 Å². The molecule has 5 nitrogen and oxygen atoms in total. The predicted molar refractivity (Wildman–Crippen MR) is 73.3 cm³/mol. The fourth-order valence-corrected chi connectivity index (χ4v) is 2.41. The Morgan fingerprint density at radius 1 is 1.60 bits per heavy atom. The molecule has 0 radical (unpaired) electrons. The van der Waals surface area contributed by atoms with E-state index in [1.165, 1.54) is 12.3 Å². The number of aliphatic hydroxyl groups is 1. The van der Waals surface area contributed by atoms with Crippen LogP contribution in [-0.2, 0) is 4.79 Å². The Balaban J connectivity index is 2.02. The Labute approximate surface area is 118 Å². The highest BCUT2D eigenvalue weighted by atomic mass is 16.3. The van der Waals surface area contributed by atoms with Crippen molar-refractivity contribution >= 4 is 12.0 Å². The first kappa shape index (κ1) is 14.4. The molecule has 0 aromatic carbocycles. The van der Waals surface area contributed by atoms with Crippen molar-refractivity contribution in [2.45, 2.75) is 25.9 Å². The van der Waals surface area contributed by atoms with Crippen LogP contribution >= 0.6 is 0 Å². The summed E-state index contributed by atoms with van der Waals surface area (Å²) in [7, 11) is 0. The largest absolute Gasteiger partial charge is 0.465 e. The number of carbonyl (C=O) groups is 1. The third-order valence-corrected chi connectivity index (χ3v) is 3.69. The van der Waals surface area contributed by atoms with Gasteiger partial charge in [0.05, 0.1) is 12.4 Å². The number of hydrogen-bond donors (Lipinski definition) is 1. The maximum atomic E-state index is 12.3. The first-order chi connectivity index (χ1) is 9.61. The van der Waals surface area contributed by atoms with Gasteiger partial charge in [-0.2, -0.15) is 5.26 Å². The number of nitrogens with zero attached hydrogens (tertiary/aromatic N) is 2. The SMILES string of the molecule is CC(O)C1CCN(C(=O)C(C#N)=Cc2ccco2)CC1. The molecule has 106 valence electrons. The Hall–Kier alpha value is -2.06. The highest BCUT2D eigenvalue weighted by molar-refractivity contribution is 6.01. The standard InChI is InChI=1S/C15H18N2O3/c1-11(18)12-4-6-17(7-5-12)15(19)13(10-16)9-14-3-2-8-20-14/h2-3,8-9,11-12,18H,4-7H2,1H3. The van der Waals surface area contributed by atoms with Gasteiger partial charge >= 0.3 is 0 Å². The van der Waals surface area contributed by atoms with E-state index in [-0.39, 0.29) is 23.5 Å². The van der Waals surface area contributed by atoms with Crippen molar-refractivity contribution in [3.63, 3.8) is 0 Å². The van der Waals surface area contributed by atoms with Crippen LogP contribution in [0.3, 0.4) is 0 Å². The lowest BCUT2D eigenvalue weighted by Gasteiger charge is -2.33. The summed E-state index contributed by atoms with van der Waals surface area (Å²) < 4.78 is 5.12. The Morgan fingerprint density at radius 3 is 2.80 bits per heavy atom. The number of furan rings is 1. The summed E-state index contributed by atoms with van der Waals surface area (Å²) in [5, 5.41) is 18.7. The number of amides is 1. The second-order valence-electron chi connectivity index (χ2n) is 5.06. The molecule has 0 bridgehead atoms. The second-order valence-corrected chi connectivity index (χ2v) is 5.06. The number of likely N-dealkylation sites (tertiary alicyclic amines) is 1. The summed E-state index contributed by atoms with van der Waals surface area (Å²) in [4.78, 5) is 13.9. The van der Waals surface area contributed by atoms with Crippen molar-refractivity contribution in [1.29, 1.82) is 5.26 Å². The van der Waals surface area contributed by atoms with Crippen molar-refractivity contribution in [3.8, 4) is 6.07 Å². The number of hydrogen-bond acceptors (Lipinski definition) is 4. The topological polar surface area (TPSA) is 77.5 Å². The fourth-order valence-electron chi connectivity index (χ4n) is 2.41. The lowest BCUT2D eigenvalue weighted by atomic mass is 9.92. The van der Waals surface area contributed by atoms with Gasteiger partial charge in [-0.05, 0) is 37.8 Å². The zero-order valence-electron chi connectivity index (χ0n) is 11.5. The maximum Gasteiger partial charge on any atom is 0.264 e. The number of piperidine rings is 1. The van der Waals surface area contributed by atoms with E-state index >= 15 is 0 Å². The van der Waals surface area contributed by atoms with Crippen LogP contribution in [0.2, 0.25) is 0 Å². The molecule has 1 aromatic rings. The lowest BCUT2D eigenvalue weighted by Crippen LogP contribution is -2.41. The highest BCUT2D eigenvalue weighted by Crippen LogP contribution is 2.22. The van der Waals surface area contributed by atoms with Gasteiger partial charge in [-0.25, -0.2) is 0 Å². The number of nitriles is 1.